The van der Waals surface area contributed by atoms with E-state index in [1.54, 1.807) is 6.07 Å². The van der Waals surface area contributed by atoms with Crippen molar-refractivity contribution in [1.29, 1.82) is 5.26 Å². The molecule has 2 aromatic carbocycles. The number of nitrogens with zero attached hydrogens (tertiary/aromatic N) is 1. The first-order valence-electron chi connectivity index (χ1n) is 11.3. The van der Waals surface area contributed by atoms with Crippen LogP contribution in [0.2, 0.25) is 0 Å². The Labute approximate surface area is 168 Å². The number of hydrogen-bond acceptors (Lipinski definition) is 1. The monoisotopic (exact) mass is 377 g/mol. The first kappa shape index (κ1) is 19.4. The molecule has 4 rings (SSSR count). The highest BCUT2D eigenvalue weighted by atomic mass is 19.1. The van der Waals surface area contributed by atoms with E-state index in [0.717, 1.165) is 28.5 Å². The lowest BCUT2D eigenvalue weighted by Gasteiger charge is -2.42. The van der Waals surface area contributed by atoms with Crippen LogP contribution in [-0.2, 0) is 0 Å². The topological polar surface area (TPSA) is 23.8 Å². The highest BCUT2D eigenvalue weighted by Gasteiger charge is 2.35. The molecule has 4 unspecified atom stereocenters. The highest BCUT2D eigenvalue weighted by Crippen LogP contribution is 2.48. The SMILES string of the molecule is CCCCCC1CCC2CC(c3ccc4cc(C#N)c(F)cc4c3)CCC2C1. The molecule has 0 bridgehead atoms. The highest BCUT2D eigenvalue weighted by molar-refractivity contribution is 5.84. The first-order chi connectivity index (χ1) is 13.7. The number of hydrogen-bond donors (Lipinski definition) is 0. The Bertz CT molecular complexity index is 865. The molecule has 28 heavy (non-hydrogen) atoms. The third kappa shape index (κ3) is 4.09. The minimum atomic E-state index is -0.405. The Morgan fingerprint density at radius 1 is 0.964 bits per heavy atom. The van der Waals surface area contributed by atoms with Crippen molar-refractivity contribution < 1.29 is 4.39 Å². The van der Waals surface area contributed by atoms with Crippen molar-refractivity contribution in [2.45, 2.75) is 77.0 Å². The normalized spacial score (nSPS) is 27.3. The molecule has 0 spiro atoms. The van der Waals surface area contributed by atoms with Crippen LogP contribution in [0, 0.1) is 34.9 Å². The van der Waals surface area contributed by atoms with Gasteiger partial charge in [0.2, 0.25) is 0 Å². The molecule has 1 nitrogen and oxygen atoms in total. The molecule has 0 radical (unpaired) electrons. The molecule has 4 atom stereocenters. The van der Waals surface area contributed by atoms with Crippen LogP contribution in [0.15, 0.2) is 30.3 Å². The van der Waals surface area contributed by atoms with Crippen molar-refractivity contribution in [2.24, 2.45) is 17.8 Å². The van der Waals surface area contributed by atoms with Crippen molar-refractivity contribution in [3.05, 3.63) is 47.3 Å². The van der Waals surface area contributed by atoms with E-state index >= 15 is 0 Å². The second-order valence-electron chi connectivity index (χ2n) is 9.26. The summed E-state index contributed by atoms with van der Waals surface area (Å²) >= 11 is 0. The average molecular weight is 378 g/mol. The maximum atomic E-state index is 14.0. The van der Waals surface area contributed by atoms with Crippen LogP contribution in [0.5, 0.6) is 0 Å². The standard InChI is InChI=1S/C26H32FN/c1-2-3-4-5-18-6-7-20-13-21(9-8-19(20)12-18)22-10-11-23-15-25(17-28)26(27)16-24(23)14-22/h10-11,14-16,18-21H,2-9,12-13H2,1H3. The van der Waals surface area contributed by atoms with Crippen LogP contribution >= 0.6 is 0 Å². The maximum absolute atomic E-state index is 14.0. The van der Waals surface area contributed by atoms with Crippen molar-refractivity contribution in [3.8, 4) is 6.07 Å². The number of halogens is 1. The molecule has 2 aliphatic rings. The van der Waals surface area contributed by atoms with Gasteiger partial charge in [0, 0.05) is 0 Å². The molecule has 148 valence electrons. The summed E-state index contributed by atoms with van der Waals surface area (Å²) in [5.41, 5.74) is 1.50. The zero-order valence-corrected chi connectivity index (χ0v) is 17.1. The van der Waals surface area contributed by atoms with E-state index in [-0.39, 0.29) is 5.56 Å². The first-order valence-corrected chi connectivity index (χ1v) is 11.3. The Morgan fingerprint density at radius 3 is 2.61 bits per heavy atom. The van der Waals surface area contributed by atoms with Gasteiger partial charge in [0.15, 0.2) is 0 Å². The summed E-state index contributed by atoms with van der Waals surface area (Å²) in [6.45, 7) is 2.29. The fourth-order valence-corrected chi connectivity index (χ4v) is 5.86. The molecule has 2 aliphatic carbocycles. The molecular formula is C26H32FN. The zero-order chi connectivity index (χ0) is 19.5. The number of rotatable bonds is 5. The Morgan fingerprint density at radius 2 is 1.79 bits per heavy atom. The van der Waals surface area contributed by atoms with Gasteiger partial charge in [-0.3, -0.25) is 0 Å². The van der Waals surface area contributed by atoms with E-state index in [1.807, 2.05) is 6.07 Å². The van der Waals surface area contributed by atoms with E-state index in [9.17, 15) is 4.39 Å². The molecular weight excluding hydrogens is 345 g/mol. The molecule has 0 N–H and O–H groups in total. The summed E-state index contributed by atoms with van der Waals surface area (Å²) in [5, 5.41) is 10.9. The molecule has 0 saturated heterocycles. The van der Waals surface area contributed by atoms with E-state index < -0.39 is 5.82 Å². The zero-order valence-electron chi connectivity index (χ0n) is 17.1. The summed E-state index contributed by atoms with van der Waals surface area (Å²) in [7, 11) is 0. The van der Waals surface area contributed by atoms with Gasteiger partial charge in [-0.1, -0.05) is 57.2 Å². The molecule has 2 fully saturated rings. The van der Waals surface area contributed by atoms with Gasteiger partial charge in [0.1, 0.15) is 11.9 Å². The third-order valence-electron chi connectivity index (χ3n) is 7.48. The Kier molecular flexibility index (Phi) is 6.00. The van der Waals surface area contributed by atoms with Crippen LogP contribution in [0.25, 0.3) is 10.8 Å². The summed E-state index contributed by atoms with van der Waals surface area (Å²) < 4.78 is 14.0. The lowest BCUT2D eigenvalue weighted by atomic mass is 9.63. The second kappa shape index (κ2) is 8.64. The predicted octanol–water partition coefficient (Wildman–Crippen LogP) is 7.73. The van der Waals surface area contributed by atoms with E-state index in [2.05, 4.69) is 25.1 Å². The van der Waals surface area contributed by atoms with Crippen LogP contribution in [-0.4, -0.2) is 0 Å². The van der Waals surface area contributed by atoms with Crippen LogP contribution in [0.3, 0.4) is 0 Å². The van der Waals surface area contributed by atoms with Gasteiger partial charge >= 0.3 is 0 Å². The predicted molar refractivity (Wildman–Crippen MR) is 114 cm³/mol. The summed E-state index contributed by atoms with van der Waals surface area (Å²) in [6, 6.07) is 11.6. The smallest absolute Gasteiger partial charge is 0.141 e. The Balaban J connectivity index is 1.43. The summed E-state index contributed by atoms with van der Waals surface area (Å²) in [6.07, 6.45) is 13.8. The van der Waals surface area contributed by atoms with E-state index in [1.165, 1.54) is 75.8 Å². The molecule has 0 heterocycles. The lowest BCUT2D eigenvalue weighted by Crippen LogP contribution is -2.30. The number of unbranched alkanes of at least 4 members (excludes halogenated alkanes) is 2. The summed E-state index contributed by atoms with van der Waals surface area (Å²) in [4.78, 5) is 0. The van der Waals surface area contributed by atoms with Gasteiger partial charge in [-0.05, 0) is 84.2 Å². The van der Waals surface area contributed by atoms with Crippen molar-refractivity contribution in [1.82, 2.24) is 0 Å². The number of nitriles is 1. The van der Waals surface area contributed by atoms with Gasteiger partial charge in [0.05, 0.1) is 5.56 Å². The van der Waals surface area contributed by atoms with Crippen molar-refractivity contribution in [3.63, 3.8) is 0 Å². The largest absolute Gasteiger partial charge is 0.206 e. The third-order valence-corrected chi connectivity index (χ3v) is 7.48. The van der Waals surface area contributed by atoms with Gasteiger partial charge in [-0.2, -0.15) is 5.26 Å². The van der Waals surface area contributed by atoms with Gasteiger partial charge in [-0.25, -0.2) is 4.39 Å². The van der Waals surface area contributed by atoms with Crippen LogP contribution < -0.4 is 0 Å². The Hall–Kier alpha value is -1.88. The van der Waals surface area contributed by atoms with Crippen LogP contribution in [0.1, 0.15) is 88.2 Å². The van der Waals surface area contributed by atoms with Gasteiger partial charge < -0.3 is 0 Å². The average Bonchev–Trinajstić information content (AvgIpc) is 2.72. The second-order valence-corrected chi connectivity index (χ2v) is 9.26. The van der Waals surface area contributed by atoms with Crippen molar-refractivity contribution in [2.75, 3.05) is 0 Å². The minimum absolute atomic E-state index is 0.136. The van der Waals surface area contributed by atoms with Crippen LogP contribution in [0.4, 0.5) is 4.39 Å². The molecule has 2 aromatic rings. The van der Waals surface area contributed by atoms with Gasteiger partial charge in [0.25, 0.3) is 0 Å². The quantitative estimate of drug-likeness (QED) is 0.489. The van der Waals surface area contributed by atoms with Gasteiger partial charge in [-0.15, -0.1) is 0 Å². The van der Waals surface area contributed by atoms with E-state index in [4.69, 9.17) is 5.26 Å². The lowest BCUT2D eigenvalue weighted by molar-refractivity contribution is 0.113. The number of benzene rings is 2. The fraction of sp³-hybridized carbons (Fsp3) is 0.577. The molecule has 0 amide bonds. The maximum Gasteiger partial charge on any atom is 0.141 e. The molecule has 0 aliphatic heterocycles. The minimum Gasteiger partial charge on any atom is -0.206 e. The molecule has 0 aromatic heterocycles. The van der Waals surface area contributed by atoms with Crippen molar-refractivity contribution >= 4 is 10.8 Å². The fourth-order valence-electron chi connectivity index (χ4n) is 5.86. The summed E-state index contributed by atoms with van der Waals surface area (Å²) in [5.74, 6) is 3.00. The molecule has 2 saturated carbocycles. The number of fused-ring (bicyclic) bond motifs is 2. The van der Waals surface area contributed by atoms with E-state index in [0.29, 0.717) is 5.92 Å². The molecule has 2 heteroatoms.